The molecule has 0 aliphatic heterocycles. The van der Waals surface area contributed by atoms with E-state index in [0.29, 0.717) is 5.92 Å². The van der Waals surface area contributed by atoms with Crippen LogP contribution in [0.2, 0.25) is 0 Å². The quantitative estimate of drug-likeness (QED) is 0.749. The van der Waals surface area contributed by atoms with E-state index in [-0.39, 0.29) is 6.10 Å². The molecule has 3 heteroatoms. The van der Waals surface area contributed by atoms with Crippen molar-refractivity contribution in [3.05, 3.63) is 18.0 Å². The summed E-state index contributed by atoms with van der Waals surface area (Å²) in [5.74, 6) is 0.334. The first-order chi connectivity index (χ1) is 6.31. The molecule has 0 bridgehead atoms. The van der Waals surface area contributed by atoms with E-state index in [4.69, 9.17) is 0 Å². The number of hydrogen-bond acceptors (Lipinski definition) is 2. The van der Waals surface area contributed by atoms with Crippen LogP contribution in [0.5, 0.6) is 0 Å². The Labute approximate surface area is 78.4 Å². The zero-order valence-corrected chi connectivity index (χ0v) is 7.98. The van der Waals surface area contributed by atoms with Crippen LogP contribution < -0.4 is 0 Å². The molecule has 1 aliphatic rings. The average molecular weight is 180 g/mol. The lowest BCUT2D eigenvalue weighted by atomic mass is 9.99. The van der Waals surface area contributed by atoms with E-state index in [9.17, 15) is 5.11 Å². The Morgan fingerprint density at radius 3 is 3.00 bits per heavy atom. The van der Waals surface area contributed by atoms with Crippen LogP contribution in [0.1, 0.15) is 37.7 Å². The summed E-state index contributed by atoms with van der Waals surface area (Å²) in [6.45, 7) is 2.98. The number of hydrogen-bond donors (Lipinski definition) is 1. The van der Waals surface area contributed by atoms with Gasteiger partial charge in [0.25, 0.3) is 0 Å². The lowest BCUT2D eigenvalue weighted by Gasteiger charge is -2.11. The molecule has 0 amide bonds. The van der Waals surface area contributed by atoms with Gasteiger partial charge in [-0.05, 0) is 25.3 Å². The number of aryl methyl sites for hydroxylation is 1. The SMILES string of the molecule is CCn1cc([C@@H]2CCC[C@H]2O)cn1. The number of aliphatic hydroxyl groups is 1. The molecule has 0 spiro atoms. The molecule has 1 saturated carbocycles. The lowest BCUT2D eigenvalue weighted by Crippen LogP contribution is -2.10. The molecule has 0 unspecified atom stereocenters. The van der Waals surface area contributed by atoms with Gasteiger partial charge in [0.1, 0.15) is 0 Å². The third-order valence-electron chi connectivity index (χ3n) is 2.88. The number of nitrogens with zero attached hydrogens (tertiary/aromatic N) is 2. The summed E-state index contributed by atoms with van der Waals surface area (Å²) in [6.07, 6.45) is 7.00. The van der Waals surface area contributed by atoms with Gasteiger partial charge in [-0.2, -0.15) is 5.10 Å². The van der Waals surface area contributed by atoms with E-state index in [0.717, 1.165) is 25.8 Å². The standard InChI is InChI=1S/C10H16N2O/c1-2-12-7-8(6-11-12)9-4-3-5-10(9)13/h6-7,9-10,13H,2-5H2,1H3/t9-,10+/m0/s1. The summed E-state index contributed by atoms with van der Waals surface area (Å²) in [7, 11) is 0. The molecule has 1 fully saturated rings. The summed E-state index contributed by atoms with van der Waals surface area (Å²) in [5.41, 5.74) is 1.20. The summed E-state index contributed by atoms with van der Waals surface area (Å²) in [6, 6.07) is 0. The second-order valence-electron chi connectivity index (χ2n) is 3.73. The van der Waals surface area contributed by atoms with Crippen LogP contribution in [0.25, 0.3) is 0 Å². The largest absolute Gasteiger partial charge is 0.392 e. The maximum absolute atomic E-state index is 9.69. The minimum absolute atomic E-state index is 0.144. The van der Waals surface area contributed by atoms with Crippen LogP contribution in [-0.2, 0) is 6.54 Å². The van der Waals surface area contributed by atoms with Crippen molar-refractivity contribution in [3.63, 3.8) is 0 Å². The normalized spacial score (nSPS) is 28.2. The highest BCUT2D eigenvalue weighted by Crippen LogP contribution is 2.34. The highest BCUT2D eigenvalue weighted by Gasteiger charge is 2.27. The zero-order chi connectivity index (χ0) is 9.26. The van der Waals surface area contributed by atoms with Gasteiger partial charge in [0.15, 0.2) is 0 Å². The van der Waals surface area contributed by atoms with E-state index >= 15 is 0 Å². The Hall–Kier alpha value is -0.830. The van der Waals surface area contributed by atoms with Crippen LogP contribution in [0.4, 0.5) is 0 Å². The summed E-state index contributed by atoms with van der Waals surface area (Å²) < 4.78 is 1.92. The highest BCUT2D eigenvalue weighted by atomic mass is 16.3. The van der Waals surface area contributed by atoms with E-state index in [1.165, 1.54) is 5.56 Å². The Morgan fingerprint density at radius 1 is 1.62 bits per heavy atom. The molecule has 1 N–H and O–H groups in total. The molecule has 0 aromatic carbocycles. The van der Waals surface area contributed by atoms with Crippen molar-refractivity contribution in [2.24, 2.45) is 0 Å². The number of aromatic nitrogens is 2. The third-order valence-corrected chi connectivity index (χ3v) is 2.88. The smallest absolute Gasteiger partial charge is 0.0609 e. The molecular formula is C10H16N2O. The first-order valence-electron chi connectivity index (χ1n) is 5.01. The van der Waals surface area contributed by atoms with Crippen molar-refractivity contribution in [1.82, 2.24) is 9.78 Å². The van der Waals surface area contributed by atoms with Gasteiger partial charge in [-0.25, -0.2) is 0 Å². The van der Waals surface area contributed by atoms with Crippen LogP contribution in [-0.4, -0.2) is 21.0 Å². The molecule has 13 heavy (non-hydrogen) atoms. The third kappa shape index (κ3) is 1.61. The Morgan fingerprint density at radius 2 is 2.46 bits per heavy atom. The minimum atomic E-state index is -0.144. The van der Waals surface area contributed by atoms with Crippen molar-refractivity contribution in [1.29, 1.82) is 0 Å². The second kappa shape index (κ2) is 3.50. The van der Waals surface area contributed by atoms with E-state index < -0.39 is 0 Å². The topological polar surface area (TPSA) is 38.0 Å². The molecule has 2 rings (SSSR count). The summed E-state index contributed by atoms with van der Waals surface area (Å²) in [4.78, 5) is 0. The number of rotatable bonds is 2. The van der Waals surface area contributed by atoms with E-state index in [2.05, 4.69) is 18.2 Å². The Bertz CT molecular complexity index is 282. The van der Waals surface area contributed by atoms with Gasteiger partial charge in [0.05, 0.1) is 12.3 Å². The van der Waals surface area contributed by atoms with Gasteiger partial charge in [0.2, 0.25) is 0 Å². The second-order valence-corrected chi connectivity index (χ2v) is 3.73. The zero-order valence-electron chi connectivity index (χ0n) is 7.98. The van der Waals surface area contributed by atoms with Crippen molar-refractivity contribution < 1.29 is 5.11 Å². The van der Waals surface area contributed by atoms with Crippen LogP contribution in [0.15, 0.2) is 12.4 Å². The molecule has 3 nitrogen and oxygen atoms in total. The van der Waals surface area contributed by atoms with Crippen molar-refractivity contribution in [2.75, 3.05) is 0 Å². The van der Waals surface area contributed by atoms with Gasteiger partial charge in [-0.3, -0.25) is 4.68 Å². The summed E-state index contributed by atoms with van der Waals surface area (Å²) >= 11 is 0. The lowest BCUT2D eigenvalue weighted by molar-refractivity contribution is 0.164. The molecule has 0 saturated heterocycles. The number of aliphatic hydroxyl groups excluding tert-OH is 1. The first-order valence-corrected chi connectivity index (χ1v) is 5.01. The van der Waals surface area contributed by atoms with Crippen LogP contribution in [0.3, 0.4) is 0 Å². The maximum atomic E-state index is 9.69. The predicted octanol–water partition coefficient (Wildman–Crippen LogP) is 1.53. The van der Waals surface area contributed by atoms with Gasteiger partial charge < -0.3 is 5.11 Å². The van der Waals surface area contributed by atoms with Gasteiger partial charge in [-0.15, -0.1) is 0 Å². The molecule has 1 heterocycles. The van der Waals surface area contributed by atoms with Crippen molar-refractivity contribution in [3.8, 4) is 0 Å². The molecular weight excluding hydrogens is 164 g/mol. The molecule has 0 radical (unpaired) electrons. The van der Waals surface area contributed by atoms with Gasteiger partial charge >= 0.3 is 0 Å². The van der Waals surface area contributed by atoms with Gasteiger partial charge in [0, 0.05) is 18.7 Å². The average Bonchev–Trinajstić information content (AvgIpc) is 2.71. The molecule has 1 aromatic rings. The Balaban J connectivity index is 2.15. The molecule has 1 aliphatic carbocycles. The first kappa shape index (κ1) is 8.75. The highest BCUT2D eigenvalue weighted by molar-refractivity contribution is 5.14. The molecule has 2 atom stereocenters. The molecule has 72 valence electrons. The Kier molecular flexibility index (Phi) is 2.36. The van der Waals surface area contributed by atoms with E-state index in [1.807, 2.05) is 10.9 Å². The fourth-order valence-corrected chi connectivity index (χ4v) is 2.07. The van der Waals surface area contributed by atoms with Crippen molar-refractivity contribution >= 4 is 0 Å². The predicted molar refractivity (Wildman–Crippen MR) is 50.5 cm³/mol. The van der Waals surface area contributed by atoms with Crippen molar-refractivity contribution in [2.45, 2.75) is 44.8 Å². The van der Waals surface area contributed by atoms with E-state index in [1.54, 1.807) is 0 Å². The van der Waals surface area contributed by atoms with Gasteiger partial charge in [-0.1, -0.05) is 6.42 Å². The minimum Gasteiger partial charge on any atom is -0.392 e. The monoisotopic (exact) mass is 180 g/mol. The molecule has 1 aromatic heterocycles. The summed E-state index contributed by atoms with van der Waals surface area (Å²) in [5, 5.41) is 13.9. The fraction of sp³-hybridized carbons (Fsp3) is 0.700. The maximum Gasteiger partial charge on any atom is 0.0609 e. The van der Waals surface area contributed by atoms with Crippen LogP contribution >= 0.6 is 0 Å². The van der Waals surface area contributed by atoms with Crippen LogP contribution in [0, 0.1) is 0 Å². The fourth-order valence-electron chi connectivity index (χ4n) is 2.07.